The van der Waals surface area contributed by atoms with Crippen molar-refractivity contribution in [2.24, 2.45) is 5.84 Å². The van der Waals surface area contributed by atoms with E-state index < -0.39 is 0 Å². The van der Waals surface area contributed by atoms with E-state index in [1.54, 1.807) is 29.2 Å². The van der Waals surface area contributed by atoms with Gasteiger partial charge in [0.25, 0.3) is 5.91 Å². The van der Waals surface area contributed by atoms with Crippen molar-refractivity contribution in [3.63, 3.8) is 0 Å². The van der Waals surface area contributed by atoms with Gasteiger partial charge in [0.1, 0.15) is 0 Å². The Balaban J connectivity index is 2.35. The molecule has 2 aromatic heterocycles. The summed E-state index contributed by atoms with van der Waals surface area (Å²) < 4.78 is 1.68. The second kappa shape index (κ2) is 5.16. The molecule has 0 aromatic carbocycles. The standard InChI is InChI=1S/C11H12ClN5O/c1-7-9(12)5-15-17(7)6-10-8(11(18)16-13)3-2-4-14-10/h2-5H,6,13H2,1H3,(H,16,18). The maximum Gasteiger partial charge on any atom is 0.267 e. The zero-order chi connectivity index (χ0) is 13.1. The van der Waals surface area contributed by atoms with Crippen LogP contribution in [-0.2, 0) is 6.54 Å². The molecule has 0 aliphatic heterocycles. The van der Waals surface area contributed by atoms with E-state index in [1.807, 2.05) is 6.92 Å². The average molecular weight is 266 g/mol. The fourth-order valence-corrected chi connectivity index (χ4v) is 1.71. The molecule has 94 valence electrons. The monoisotopic (exact) mass is 265 g/mol. The highest BCUT2D eigenvalue weighted by molar-refractivity contribution is 6.31. The van der Waals surface area contributed by atoms with Gasteiger partial charge in [0.15, 0.2) is 0 Å². The molecular formula is C11H12ClN5O. The molecule has 18 heavy (non-hydrogen) atoms. The van der Waals surface area contributed by atoms with E-state index in [9.17, 15) is 4.79 Å². The molecule has 3 N–H and O–H groups in total. The highest BCUT2D eigenvalue weighted by Gasteiger charge is 2.13. The Morgan fingerprint density at radius 3 is 3.00 bits per heavy atom. The van der Waals surface area contributed by atoms with Crippen LogP contribution in [0.15, 0.2) is 24.5 Å². The van der Waals surface area contributed by atoms with Gasteiger partial charge in [-0.2, -0.15) is 5.10 Å². The van der Waals surface area contributed by atoms with Crippen LogP contribution in [0.5, 0.6) is 0 Å². The number of amides is 1. The zero-order valence-corrected chi connectivity index (χ0v) is 10.5. The van der Waals surface area contributed by atoms with Crippen LogP contribution in [0.25, 0.3) is 0 Å². The predicted octanol–water partition coefficient (Wildman–Crippen LogP) is 0.892. The summed E-state index contributed by atoms with van der Waals surface area (Å²) in [6, 6.07) is 3.34. The van der Waals surface area contributed by atoms with Crippen molar-refractivity contribution in [3.8, 4) is 0 Å². The Hall–Kier alpha value is -1.92. The first kappa shape index (κ1) is 12.5. The number of carbonyl (C=O) groups excluding carboxylic acids is 1. The van der Waals surface area contributed by atoms with Gasteiger partial charge >= 0.3 is 0 Å². The Morgan fingerprint density at radius 1 is 1.61 bits per heavy atom. The SMILES string of the molecule is Cc1c(Cl)cnn1Cc1ncccc1C(=O)NN. The van der Waals surface area contributed by atoms with E-state index in [-0.39, 0.29) is 5.91 Å². The number of rotatable bonds is 3. The van der Waals surface area contributed by atoms with Crippen molar-refractivity contribution < 1.29 is 4.79 Å². The molecule has 0 unspecified atom stereocenters. The quantitative estimate of drug-likeness (QED) is 0.490. The van der Waals surface area contributed by atoms with E-state index in [1.165, 1.54) is 0 Å². The summed E-state index contributed by atoms with van der Waals surface area (Å²) in [5.74, 6) is 4.75. The van der Waals surface area contributed by atoms with Crippen LogP contribution in [0.1, 0.15) is 21.7 Å². The molecule has 0 aliphatic carbocycles. The fourth-order valence-electron chi connectivity index (χ4n) is 1.57. The molecule has 2 aromatic rings. The second-order valence-electron chi connectivity index (χ2n) is 3.71. The minimum atomic E-state index is -0.381. The molecule has 0 saturated carbocycles. The lowest BCUT2D eigenvalue weighted by Gasteiger charge is -2.08. The lowest BCUT2D eigenvalue weighted by Crippen LogP contribution is -2.31. The molecule has 0 radical (unpaired) electrons. The third kappa shape index (κ3) is 2.34. The van der Waals surface area contributed by atoms with Crippen molar-refractivity contribution in [3.05, 3.63) is 46.5 Å². The molecular weight excluding hydrogens is 254 g/mol. The van der Waals surface area contributed by atoms with Crippen molar-refractivity contribution in [1.82, 2.24) is 20.2 Å². The number of hydrogen-bond donors (Lipinski definition) is 2. The van der Waals surface area contributed by atoms with Crippen LogP contribution in [0.2, 0.25) is 5.02 Å². The number of nitrogens with zero attached hydrogens (tertiary/aromatic N) is 3. The molecule has 0 fully saturated rings. The van der Waals surface area contributed by atoms with Crippen LogP contribution < -0.4 is 11.3 Å². The molecule has 0 bridgehead atoms. The van der Waals surface area contributed by atoms with Crippen molar-refractivity contribution >= 4 is 17.5 Å². The topological polar surface area (TPSA) is 85.8 Å². The fraction of sp³-hybridized carbons (Fsp3) is 0.182. The lowest BCUT2D eigenvalue weighted by atomic mass is 10.2. The maximum atomic E-state index is 11.6. The normalized spacial score (nSPS) is 10.4. The van der Waals surface area contributed by atoms with Crippen molar-refractivity contribution in [1.29, 1.82) is 0 Å². The summed E-state index contributed by atoms with van der Waals surface area (Å²) in [4.78, 5) is 15.8. The van der Waals surface area contributed by atoms with Crippen LogP contribution >= 0.6 is 11.6 Å². The average Bonchev–Trinajstić information content (AvgIpc) is 2.70. The molecule has 2 rings (SSSR count). The minimum absolute atomic E-state index is 0.363. The largest absolute Gasteiger partial charge is 0.290 e. The Labute approximate surface area is 109 Å². The van der Waals surface area contributed by atoms with E-state index >= 15 is 0 Å². The molecule has 0 spiro atoms. The first-order valence-electron chi connectivity index (χ1n) is 5.26. The highest BCUT2D eigenvalue weighted by atomic mass is 35.5. The summed E-state index contributed by atoms with van der Waals surface area (Å²) in [5.41, 5.74) is 3.92. The summed E-state index contributed by atoms with van der Waals surface area (Å²) >= 11 is 5.92. The van der Waals surface area contributed by atoms with Gasteiger partial charge in [0, 0.05) is 6.20 Å². The minimum Gasteiger partial charge on any atom is -0.290 e. The van der Waals surface area contributed by atoms with Gasteiger partial charge in [-0.15, -0.1) is 0 Å². The Bertz CT molecular complexity index is 581. The highest BCUT2D eigenvalue weighted by Crippen LogP contribution is 2.15. The number of pyridine rings is 1. The maximum absolute atomic E-state index is 11.6. The first-order valence-corrected chi connectivity index (χ1v) is 5.64. The van der Waals surface area contributed by atoms with Gasteiger partial charge in [-0.25, -0.2) is 5.84 Å². The zero-order valence-electron chi connectivity index (χ0n) is 9.72. The van der Waals surface area contributed by atoms with Gasteiger partial charge < -0.3 is 0 Å². The first-order chi connectivity index (χ1) is 8.63. The molecule has 2 heterocycles. The van der Waals surface area contributed by atoms with Crippen LogP contribution in [0.4, 0.5) is 0 Å². The number of nitrogens with two attached hydrogens (primary N) is 1. The third-order valence-corrected chi connectivity index (χ3v) is 2.98. The molecule has 1 amide bonds. The van der Waals surface area contributed by atoms with E-state index in [4.69, 9.17) is 17.4 Å². The van der Waals surface area contributed by atoms with Crippen molar-refractivity contribution in [2.75, 3.05) is 0 Å². The number of nitrogens with one attached hydrogen (secondary N) is 1. The summed E-state index contributed by atoms with van der Waals surface area (Å²) in [7, 11) is 0. The van der Waals surface area contributed by atoms with Crippen LogP contribution in [0, 0.1) is 6.92 Å². The van der Waals surface area contributed by atoms with Gasteiger partial charge in [-0.3, -0.25) is 19.9 Å². The van der Waals surface area contributed by atoms with Crippen molar-refractivity contribution in [2.45, 2.75) is 13.5 Å². The molecule has 6 nitrogen and oxygen atoms in total. The van der Waals surface area contributed by atoms with E-state index in [0.29, 0.717) is 22.8 Å². The number of aromatic nitrogens is 3. The van der Waals surface area contributed by atoms with Gasteiger partial charge in [0.2, 0.25) is 0 Å². The summed E-state index contributed by atoms with van der Waals surface area (Å²) in [6.45, 7) is 2.21. The Morgan fingerprint density at radius 2 is 2.39 bits per heavy atom. The number of halogens is 1. The number of carbonyl (C=O) groups is 1. The second-order valence-corrected chi connectivity index (χ2v) is 4.11. The number of nitrogen functional groups attached to an aromatic ring is 1. The van der Waals surface area contributed by atoms with Crippen LogP contribution in [-0.4, -0.2) is 20.7 Å². The molecule has 7 heteroatoms. The third-order valence-electron chi connectivity index (χ3n) is 2.61. The lowest BCUT2D eigenvalue weighted by molar-refractivity contribution is 0.0952. The number of hydrazine groups is 1. The predicted molar refractivity (Wildman–Crippen MR) is 67.0 cm³/mol. The van der Waals surface area contributed by atoms with Gasteiger partial charge in [-0.05, 0) is 19.1 Å². The van der Waals surface area contributed by atoms with Gasteiger partial charge in [0.05, 0.1) is 34.7 Å². The van der Waals surface area contributed by atoms with Crippen LogP contribution in [0.3, 0.4) is 0 Å². The van der Waals surface area contributed by atoms with Gasteiger partial charge in [-0.1, -0.05) is 11.6 Å². The number of hydrogen-bond acceptors (Lipinski definition) is 4. The summed E-state index contributed by atoms with van der Waals surface area (Å²) in [5, 5.41) is 4.70. The summed E-state index contributed by atoms with van der Waals surface area (Å²) in [6.07, 6.45) is 3.17. The van der Waals surface area contributed by atoms with E-state index in [0.717, 1.165) is 5.69 Å². The molecule has 0 aliphatic rings. The molecule has 0 saturated heterocycles. The van der Waals surface area contributed by atoms with E-state index in [2.05, 4.69) is 15.5 Å². The molecule has 0 atom stereocenters. The smallest absolute Gasteiger partial charge is 0.267 e. The Kier molecular flexibility index (Phi) is 3.59.